The summed E-state index contributed by atoms with van der Waals surface area (Å²) < 4.78 is 34.8. The number of rotatable bonds is 6. The highest BCUT2D eigenvalue weighted by molar-refractivity contribution is 5.88. The summed E-state index contributed by atoms with van der Waals surface area (Å²) in [5.74, 6) is 1.30. The Labute approximate surface area is 206 Å². The number of pyridine rings is 1. The smallest absolute Gasteiger partial charge is 0.256 e. The van der Waals surface area contributed by atoms with Gasteiger partial charge in [-0.15, -0.1) is 5.10 Å². The van der Waals surface area contributed by atoms with E-state index in [4.69, 9.17) is 10.5 Å². The normalized spacial score (nSPS) is 18.8. The van der Waals surface area contributed by atoms with Crippen LogP contribution in [-0.2, 0) is 11.3 Å². The molecule has 3 N–H and O–H groups in total. The molecule has 10 nitrogen and oxygen atoms in total. The molecule has 4 aromatic heterocycles. The maximum atomic E-state index is 13.1. The second-order valence-corrected chi connectivity index (χ2v) is 9.94. The molecule has 0 amide bonds. The number of fused-ring (bicyclic) bond motifs is 2. The fraction of sp³-hybridized carbons (Fsp3) is 0.500. The maximum Gasteiger partial charge on any atom is 0.256 e. The van der Waals surface area contributed by atoms with Gasteiger partial charge in [-0.3, -0.25) is 4.90 Å². The van der Waals surface area contributed by atoms with Crippen molar-refractivity contribution in [3.63, 3.8) is 0 Å². The minimum absolute atomic E-state index is 0.166. The molecule has 0 saturated carbocycles. The van der Waals surface area contributed by atoms with Crippen LogP contribution in [-0.4, -0.2) is 78.3 Å². The quantitative estimate of drug-likeness (QED) is 0.418. The van der Waals surface area contributed by atoms with Gasteiger partial charge >= 0.3 is 0 Å². The van der Waals surface area contributed by atoms with Crippen LogP contribution >= 0.6 is 0 Å². The molecule has 0 aliphatic carbocycles. The topological polar surface area (TPSA) is 111 Å². The Balaban J connectivity index is 1.25. The predicted molar refractivity (Wildman–Crippen MR) is 132 cm³/mol. The Morgan fingerprint density at radius 3 is 2.64 bits per heavy atom. The second-order valence-electron chi connectivity index (χ2n) is 9.94. The van der Waals surface area contributed by atoms with Gasteiger partial charge < -0.3 is 20.4 Å². The number of aryl methyl sites for hydroxylation is 1. The number of hydrogen-bond acceptors (Lipinski definition) is 8. The molecule has 2 aliphatic rings. The Kier molecular flexibility index (Phi) is 5.52. The van der Waals surface area contributed by atoms with Crippen LogP contribution in [0.15, 0.2) is 24.4 Å². The number of aromatic nitrogens is 6. The van der Waals surface area contributed by atoms with Crippen LogP contribution < -0.4 is 11.1 Å². The third-order valence-electron chi connectivity index (χ3n) is 7.34. The molecule has 0 unspecified atom stereocenters. The summed E-state index contributed by atoms with van der Waals surface area (Å²) in [7, 11) is 0. The van der Waals surface area contributed by atoms with E-state index in [2.05, 4.69) is 37.2 Å². The van der Waals surface area contributed by atoms with Crippen LogP contribution in [0.1, 0.15) is 25.6 Å². The highest BCUT2D eigenvalue weighted by atomic mass is 19.3. The highest BCUT2D eigenvalue weighted by Gasteiger charge is 2.40. The van der Waals surface area contributed by atoms with Gasteiger partial charge in [-0.2, -0.15) is 4.98 Å². The Bertz CT molecular complexity index is 1420. The van der Waals surface area contributed by atoms with E-state index in [1.807, 2.05) is 18.3 Å². The number of anilines is 2. The zero-order valence-corrected chi connectivity index (χ0v) is 20.3. The van der Waals surface area contributed by atoms with E-state index in [0.717, 1.165) is 44.7 Å². The minimum Gasteiger partial charge on any atom is -0.382 e. The van der Waals surface area contributed by atoms with Crippen LogP contribution in [0.5, 0.6) is 0 Å². The number of alkyl halides is 2. The Hall–Kier alpha value is -3.38. The number of nitrogen functional groups attached to an aromatic ring is 1. The van der Waals surface area contributed by atoms with Gasteiger partial charge in [-0.1, -0.05) is 0 Å². The van der Waals surface area contributed by atoms with Gasteiger partial charge in [0.15, 0.2) is 11.5 Å². The van der Waals surface area contributed by atoms with E-state index >= 15 is 0 Å². The summed E-state index contributed by atoms with van der Waals surface area (Å²) in [5, 5.41) is 8.08. The third kappa shape index (κ3) is 3.94. The molecule has 0 atom stereocenters. The predicted octanol–water partition coefficient (Wildman–Crippen LogP) is 2.96. The number of halogens is 2. The van der Waals surface area contributed by atoms with Gasteiger partial charge in [0.2, 0.25) is 5.95 Å². The zero-order valence-electron chi connectivity index (χ0n) is 20.3. The van der Waals surface area contributed by atoms with Crippen molar-refractivity contribution in [1.82, 2.24) is 34.0 Å². The van der Waals surface area contributed by atoms with Crippen molar-refractivity contribution in [3.8, 4) is 11.3 Å². The first-order valence-corrected chi connectivity index (χ1v) is 12.2. The van der Waals surface area contributed by atoms with Crippen molar-refractivity contribution in [2.45, 2.75) is 51.2 Å². The van der Waals surface area contributed by atoms with Crippen molar-refractivity contribution in [2.75, 3.05) is 37.4 Å². The van der Waals surface area contributed by atoms with Crippen molar-refractivity contribution in [3.05, 3.63) is 30.2 Å². The molecule has 12 heteroatoms. The van der Waals surface area contributed by atoms with Crippen LogP contribution in [0.2, 0.25) is 0 Å². The van der Waals surface area contributed by atoms with Crippen molar-refractivity contribution < 1.29 is 13.5 Å². The lowest BCUT2D eigenvalue weighted by molar-refractivity contribution is -0.135. The molecule has 190 valence electrons. The standard InChI is InChI=1S/C24H29F2N9O/c1-14-28-18-4-3-17(30-22(18)34(14)11-19(25)26)16-7-10-35-20(16)21(27)31-23(32-35)29-15-5-8-33(9-6-15)24(2)12-36-13-24/h3-4,7,10,15,19H,5-6,8-9,11-13H2,1-2H3,(H3,27,29,31,32). The molecule has 0 spiro atoms. The molecule has 4 aromatic rings. The average Bonchev–Trinajstić information content (AvgIpc) is 3.39. The number of nitrogens with one attached hydrogen (secondary N) is 1. The lowest BCUT2D eigenvalue weighted by atomic mass is 9.93. The number of nitrogens with two attached hydrogens (primary N) is 1. The maximum absolute atomic E-state index is 13.1. The molecule has 0 radical (unpaired) electrons. The van der Waals surface area contributed by atoms with Crippen LogP contribution in [0.25, 0.3) is 27.9 Å². The minimum atomic E-state index is -2.50. The first-order valence-electron chi connectivity index (χ1n) is 12.2. The van der Waals surface area contributed by atoms with E-state index < -0.39 is 13.0 Å². The third-order valence-corrected chi connectivity index (χ3v) is 7.34. The summed E-state index contributed by atoms with van der Waals surface area (Å²) in [6.45, 7) is 7.09. The molecule has 2 saturated heterocycles. The summed E-state index contributed by atoms with van der Waals surface area (Å²) in [5.41, 5.74) is 9.48. The molecule has 6 heterocycles. The molecule has 0 aromatic carbocycles. The number of likely N-dealkylation sites (tertiary alicyclic amines) is 1. The first kappa shape index (κ1) is 23.0. The van der Waals surface area contributed by atoms with E-state index in [-0.39, 0.29) is 11.6 Å². The summed E-state index contributed by atoms with van der Waals surface area (Å²) in [6.07, 6.45) is 1.29. The van der Waals surface area contributed by atoms with Crippen LogP contribution in [0.3, 0.4) is 0 Å². The van der Waals surface area contributed by atoms with E-state index in [0.29, 0.717) is 40.0 Å². The molecular formula is C24H29F2N9O. The Morgan fingerprint density at radius 2 is 1.94 bits per heavy atom. The molecule has 6 rings (SSSR count). The SMILES string of the molecule is Cc1nc2ccc(-c3ccn4nc(NC5CCN(C6(C)COC6)CC5)nc(N)c34)nc2n1CC(F)F. The largest absolute Gasteiger partial charge is 0.382 e. The molecular weight excluding hydrogens is 468 g/mol. The van der Waals surface area contributed by atoms with Gasteiger partial charge in [-0.25, -0.2) is 23.3 Å². The number of hydrogen-bond donors (Lipinski definition) is 2. The number of ether oxygens (including phenoxy) is 1. The summed E-state index contributed by atoms with van der Waals surface area (Å²) in [4.78, 5) is 16.0. The Morgan fingerprint density at radius 1 is 1.17 bits per heavy atom. The fourth-order valence-electron chi connectivity index (χ4n) is 5.27. The lowest BCUT2D eigenvalue weighted by Gasteiger charge is -2.49. The second kappa shape index (κ2) is 8.63. The van der Waals surface area contributed by atoms with Gasteiger partial charge in [-0.05, 0) is 44.9 Å². The fourth-order valence-corrected chi connectivity index (χ4v) is 5.27. The molecule has 36 heavy (non-hydrogen) atoms. The van der Waals surface area contributed by atoms with Crippen molar-refractivity contribution in [2.24, 2.45) is 0 Å². The summed E-state index contributed by atoms with van der Waals surface area (Å²) in [6, 6.07) is 5.72. The highest BCUT2D eigenvalue weighted by Crippen LogP contribution is 2.31. The van der Waals surface area contributed by atoms with E-state index in [1.165, 1.54) is 4.57 Å². The zero-order chi connectivity index (χ0) is 25.0. The first-order chi connectivity index (χ1) is 17.3. The van der Waals surface area contributed by atoms with E-state index in [1.54, 1.807) is 17.5 Å². The van der Waals surface area contributed by atoms with Crippen molar-refractivity contribution >= 4 is 28.4 Å². The van der Waals surface area contributed by atoms with Crippen LogP contribution in [0.4, 0.5) is 20.5 Å². The number of piperidine rings is 1. The molecule has 2 aliphatic heterocycles. The number of nitrogens with zero attached hydrogens (tertiary/aromatic N) is 7. The van der Waals surface area contributed by atoms with Gasteiger partial charge in [0, 0.05) is 30.9 Å². The average molecular weight is 498 g/mol. The molecule has 0 bridgehead atoms. The van der Waals surface area contributed by atoms with Gasteiger partial charge in [0.05, 0.1) is 31.0 Å². The van der Waals surface area contributed by atoms with Gasteiger partial charge in [0.25, 0.3) is 6.43 Å². The van der Waals surface area contributed by atoms with E-state index in [9.17, 15) is 8.78 Å². The summed E-state index contributed by atoms with van der Waals surface area (Å²) >= 11 is 0. The van der Waals surface area contributed by atoms with Gasteiger partial charge in [0.1, 0.15) is 16.9 Å². The monoisotopic (exact) mass is 497 g/mol. The molecule has 2 fully saturated rings. The number of imidazole rings is 1. The van der Waals surface area contributed by atoms with Crippen molar-refractivity contribution in [1.29, 1.82) is 0 Å². The van der Waals surface area contributed by atoms with Crippen LogP contribution in [0, 0.1) is 6.92 Å². The lowest BCUT2D eigenvalue weighted by Crippen LogP contribution is -2.62.